The molecule has 0 aliphatic carbocycles. The molecule has 0 radical (unpaired) electrons. The third kappa shape index (κ3) is 2.57. The number of hydrogen-bond acceptors (Lipinski definition) is 5. The first-order valence-electron chi connectivity index (χ1n) is 8.36. The summed E-state index contributed by atoms with van der Waals surface area (Å²) in [7, 11) is 0. The summed E-state index contributed by atoms with van der Waals surface area (Å²) < 4.78 is 0.783. The maximum atomic E-state index is 13.1. The van der Waals surface area contributed by atoms with Crippen molar-refractivity contribution < 1.29 is 14.7 Å². The Balaban J connectivity index is 1.86. The van der Waals surface area contributed by atoms with Crippen molar-refractivity contribution in [3.8, 4) is 11.1 Å². The van der Waals surface area contributed by atoms with Gasteiger partial charge in [0.25, 0.3) is 0 Å². The van der Waals surface area contributed by atoms with E-state index >= 15 is 0 Å². The van der Waals surface area contributed by atoms with E-state index in [0.717, 1.165) is 21.4 Å². The van der Waals surface area contributed by atoms with Crippen molar-refractivity contribution >= 4 is 23.5 Å². The highest BCUT2D eigenvalue weighted by atomic mass is 16.4. The molecule has 0 saturated heterocycles. The molecule has 0 atom stereocenters. The largest absolute Gasteiger partial charge is 0.463 e. The third-order valence-corrected chi connectivity index (χ3v) is 4.76. The predicted molar refractivity (Wildman–Crippen MR) is 98.0 cm³/mol. The highest BCUT2D eigenvalue weighted by molar-refractivity contribution is 6.12. The van der Waals surface area contributed by atoms with Gasteiger partial charge >= 0.3 is 6.09 Å². The van der Waals surface area contributed by atoms with Crippen molar-refractivity contribution in [1.29, 1.82) is 0 Å². The Labute approximate surface area is 155 Å². The van der Waals surface area contributed by atoms with Gasteiger partial charge in [-0.05, 0) is 38.0 Å². The Morgan fingerprint density at radius 2 is 1.81 bits per heavy atom. The molecule has 2 aromatic heterocycles. The van der Waals surface area contributed by atoms with E-state index in [1.807, 2.05) is 39.0 Å². The number of carboxylic acid groups (broad SMARTS) is 1. The van der Waals surface area contributed by atoms with Gasteiger partial charge in [-0.1, -0.05) is 12.1 Å². The van der Waals surface area contributed by atoms with E-state index in [-0.39, 0.29) is 11.7 Å². The molecule has 0 unspecified atom stereocenters. The topological polar surface area (TPSA) is 101 Å². The molecule has 3 aromatic rings. The molecule has 27 heavy (non-hydrogen) atoms. The molecule has 1 amide bonds. The van der Waals surface area contributed by atoms with Gasteiger partial charge < -0.3 is 5.11 Å². The molecule has 4 rings (SSSR count). The molecule has 0 fully saturated rings. The van der Waals surface area contributed by atoms with Crippen LogP contribution in [-0.4, -0.2) is 36.9 Å². The van der Waals surface area contributed by atoms with Crippen LogP contribution in [0.15, 0.2) is 42.9 Å². The first kappa shape index (κ1) is 16.9. The molecule has 1 aromatic carbocycles. The van der Waals surface area contributed by atoms with Gasteiger partial charge in [-0.25, -0.2) is 14.8 Å². The third-order valence-electron chi connectivity index (χ3n) is 4.76. The van der Waals surface area contributed by atoms with Crippen LogP contribution in [0.1, 0.15) is 25.2 Å². The SMILES string of the molecule is Cc1ncc(-c2ccc3c(c2)N(c2ccn(C(=O)O)n2)C(=O)C3(C)C)cn1. The minimum atomic E-state index is -1.21. The van der Waals surface area contributed by atoms with Crippen LogP contribution in [0.25, 0.3) is 11.1 Å². The van der Waals surface area contributed by atoms with Gasteiger partial charge in [0.2, 0.25) is 5.91 Å². The smallest absolute Gasteiger partial charge is 0.432 e. The number of benzene rings is 1. The average Bonchev–Trinajstić information content (AvgIpc) is 3.18. The lowest BCUT2D eigenvalue weighted by Crippen LogP contribution is -2.33. The normalized spacial score (nSPS) is 15.1. The molecular weight excluding hydrogens is 346 g/mol. The van der Waals surface area contributed by atoms with Crippen LogP contribution in [0.3, 0.4) is 0 Å². The lowest BCUT2D eigenvalue weighted by Gasteiger charge is -2.18. The fourth-order valence-corrected chi connectivity index (χ4v) is 3.24. The predicted octanol–water partition coefficient (Wildman–Crippen LogP) is 3.13. The Bertz CT molecular complexity index is 1070. The Morgan fingerprint density at radius 3 is 2.44 bits per heavy atom. The quantitative estimate of drug-likeness (QED) is 0.751. The van der Waals surface area contributed by atoms with Crippen molar-refractivity contribution in [1.82, 2.24) is 19.7 Å². The highest BCUT2D eigenvalue weighted by Crippen LogP contribution is 2.46. The van der Waals surface area contributed by atoms with Crippen LogP contribution in [0, 0.1) is 6.92 Å². The summed E-state index contributed by atoms with van der Waals surface area (Å²) in [6.07, 6.45) is 3.57. The molecule has 0 bridgehead atoms. The van der Waals surface area contributed by atoms with Gasteiger partial charge in [0.05, 0.1) is 11.1 Å². The minimum Gasteiger partial charge on any atom is -0.463 e. The summed E-state index contributed by atoms with van der Waals surface area (Å²) in [5.74, 6) is 0.786. The second kappa shape index (κ2) is 5.73. The number of aryl methyl sites for hydroxylation is 1. The summed E-state index contributed by atoms with van der Waals surface area (Å²) >= 11 is 0. The van der Waals surface area contributed by atoms with E-state index in [4.69, 9.17) is 5.11 Å². The molecule has 1 aliphatic rings. The van der Waals surface area contributed by atoms with E-state index < -0.39 is 11.5 Å². The first-order chi connectivity index (χ1) is 12.8. The first-order valence-corrected chi connectivity index (χ1v) is 8.36. The highest BCUT2D eigenvalue weighted by Gasteiger charge is 2.45. The van der Waals surface area contributed by atoms with E-state index in [0.29, 0.717) is 11.5 Å². The van der Waals surface area contributed by atoms with Gasteiger partial charge in [0, 0.05) is 30.2 Å². The average molecular weight is 363 g/mol. The second-order valence-electron chi connectivity index (χ2n) is 6.92. The van der Waals surface area contributed by atoms with E-state index in [2.05, 4.69) is 15.1 Å². The van der Waals surface area contributed by atoms with Crippen LogP contribution in [0.4, 0.5) is 16.3 Å². The fraction of sp³-hybridized carbons (Fsp3) is 0.211. The van der Waals surface area contributed by atoms with Crippen LogP contribution in [0.5, 0.6) is 0 Å². The molecule has 0 saturated carbocycles. The Hall–Kier alpha value is -3.55. The zero-order chi connectivity index (χ0) is 19.3. The van der Waals surface area contributed by atoms with Crippen LogP contribution < -0.4 is 4.90 Å². The van der Waals surface area contributed by atoms with Gasteiger partial charge in [-0.15, -0.1) is 5.10 Å². The number of amides is 1. The van der Waals surface area contributed by atoms with Gasteiger partial charge in [-0.3, -0.25) is 9.69 Å². The zero-order valence-electron chi connectivity index (χ0n) is 15.0. The lowest BCUT2D eigenvalue weighted by atomic mass is 9.85. The fourth-order valence-electron chi connectivity index (χ4n) is 3.24. The molecule has 8 nitrogen and oxygen atoms in total. The Kier molecular flexibility index (Phi) is 3.59. The second-order valence-corrected chi connectivity index (χ2v) is 6.92. The molecule has 8 heteroatoms. The lowest BCUT2D eigenvalue weighted by molar-refractivity contribution is -0.121. The molecular formula is C19H17N5O3. The number of nitrogens with zero attached hydrogens (tertiary/aromatic N) is 5. The van der Waals surface area contributed by atoms with Crippen molar-refractivity contribution in [2.24, 2.45) is 0 Å². The summed E-state index contributed by atoms with van der Waals surface area (Å²) in [4.78, 5) is 34.1. The number of fused-ring (bicyclic) bond motifs is 1. The number of aromatic nitrogens is 4. The van der Waals surface area contributed by atoms with Crippen molar-refractivity contribution in [2.75, 3.05) is 4.90 Å². The molecule has 1 aliphatic heterocycles. The summed E-state index contributed by atoms with van der Waals surface area (Å²) in [5, 5.41) is 13.1. The zero-order valence-corrected chi connectivity index (χ0v) is 15.0. The molecule has 0 spiro atoms. The molecule has 136 valence electrons. The van der Waals surface area contributed by atoms with Gasteiger partial charge in [-0.2, -0.15) is 4.68 Å². The summed E-state index contributed by atoms with van der Waals surface area (Å²) in [6, 6.07) is 7.24. The maximum absolute atomic E-state index is 13.1. The van der Waals surface area contributed by atoms with Crippen LogP contribution >= 0.6 is 0 Å². The van der Waals surface area contributed by atoms with Crippen LogP contribution in [-0.2, 0) is 10.2 Å². The minimum absolute atomic E-state index is 0.162. The van der Waals surface area contributed by atoms with Crippen molar-refractivity contribution in [2.45, 2.75) is 26.2 Å². The van der Waals surface area contributed by atoms with E-state index in [1.54, 1.807) is 12.4 Å². The monoisotopic (exact) mass is 363 g/mol. The number of rotatable bonds is 2. The molecule has 3 heterocycles. The Morgan fingerprint density at radius 1 is 1.11 bits per heavy atom. The van der Waals surface area contributed by atoms with E-state index in [9.17, 15) is 9.59 Å². The molecule has 1 N–H and O–H groups in total. The summed E-state index contributed by atoms with van der Waals surface area (Å²) in [5.41, 5.74) is 2.48. The number of anilines is 2. The number of carbonyl (C=O) groups excluding carboxylic acids is 1. The number of carbonyl (C=O) groups is 2. The number of hydrogen-bond donors (Lipinski definition) is 1. The van der Waals surface area contributed by atoms with E-state index in [1.165, 1.54) is 17.2 Å². The van der Waals surface area contributed by atoms with Crippen molar-refractivity contribution in [3.05, 3.63) is 54.2 Å². The van der Waals surface area contributed by atoms with Gasteiger partial charge in [0.15, 0.2) is 5.82 Å². The van der Waals surface area contributed by atoms with Gasteiger partial charge in [0.1, 0.15) is 5.82 Å². The standard InChI is InChI=1S/C19H17N5O3/c1-11-20-9-13(10-21-11)12-4-5-14-15(8-12)24(17(25)19(14,2)3)16-6-7-23(22-16)18(26)27/h4-10H,1-3H3,(H,26,27). The van der Waals surface area contributed by atoms with Crippen LogP contribution in [0.2, 0.25) is 0 Å². The summed E-state index contributed by atoms with van der Waals surface area (Å²) in [6.45, 7) is 5.50. The maximum Gasteiger partial charge on any atom is 0.432 e. The van der Waals surface area contributed by atoms with Crippen molar-refractivity contribution in [3.63, 3.8) is 0 Å².